The van der Waals surface area contributed by atoms with Crippen molar-refractivity contribution in [2.45, 2.75) is 58.2 Å². The Labute approximate surface area is 139 Å². The maximum atomic E-state index is 13.1. The number of nitrogens with one attached hydrogen (secondary N) is 1. The lowest BCUT2D eigenvalue weighted by Crippen LogP contribution is -2.55. The predicted octanol–water partition coefficient (Wildman–Crippen LogP) is 2.75. The Hall–Kier alpha value is -1.55. The van der Waals surface area contributed by atoms with Crippen LogP contribution in [0.2, 0.25) is 0 Å². The van der Waals surface area contributed by atoms with Crippen LogP contribution >= 0.6 is 0 Å². The van der Waals surface area contributed by atoms with Crippen LogP contribution in [0.5, 0.6) is 5.75 Å². The summed E-state index contributed by atoms with van der Waals surface area (Å²) < 4.78 is 5.32. The first-order valence-electron chi connectivity index (χ1n) is 8.59. The van der Waals surface area contributed by atoms with Gasteiger partial charge in [0, 0.05) is 18.6 Å². The quantitative estimate of drug-likeness (QED) is 0.929. The Morgan fingerprint density at radius 1 is 1.30 bits per heavy atom. The first kappa shape index (κ1) is 16.3. The van der Waals surface area contributed by atoms with Crippen molar-refractivity contribution in [3.63, 3.8) is 0 Å². The number of hydrogen-bond donors (Lipinski definition) is 1. The Bertz CT molecular complexity index is 588. The molecule has 0 bridgehead atoms. The second-order valence-electron chi connectivity index (χ2n) is 7.84. The molecule has 1 unspecified atom stereocenters. The van der Waals surface area contributed by atoms with E-state index in [2.05, 4.69) is 43.1 Å². The van der Waals surface area contributed by atoms with Gasteiger partial charge in [-0.15, -0.1) is 0 Å². The fourth-order valence-corrected chi connectivity index (χ4v) is 3.23. The molecule has 1 aromatic rings. The topological polar surface area (TPSA) is 41.6 Å². The van der Waals surface area contributed by atoms with Crippen molar-refractivity contribution in [1.29, 1.82) is 0 Å². The number of benzene rings is 1. The minimum absolute atomic E-state index is 0.129. The van der Waals surface area contributed by atoms with Crippen molar-refractivity contribution < 1.29 is 9.53 Å². The molecular weight excluding hydrogens is 288 g/mol. The number of methoxy groups -OCH3 is 1. The van der Waals surface area contributed by atoms with Crippen LogP contribution in [0.15, 0.2) is 18.2 Å². The van der Waals surface area contributed by atoms with E-state index in [1.54, 1.807) is 7.11 Å². The molecule has 1 heterocycles. The molecule has 4 heteroatoms. The first-order chi connectivity index (χ1) is 10.9. The molecule has 0 radical (unpaired) electrons. The van der Waals surface area contributed by atoms with Crippen molar-refractivity contribution in [2.75, 3.05) is 13.7 Å². The van der Waals surface area contributed by atoms with Gasteiger partial charge >= 0.3 is 0 Å². The van der Waals surface area contributed by atoms with E-state index in [0.717, 1.165) is 25.3 Å². The van der Waals surface area contributed by atoms with E-state index < -0.39 is 0 Å². The van der Waals surface area contributed by atoms with Crippen LogP contribution in [-0.2, 0) is 17.8 Å². The standard InChI is InChI=1S/C19H28N2O2/c1-19(2,3)21(12-13-5-6-13)18(22)17-10-15-9-16(23-4)8-7-14(15)11-20-17/h7-9,13,17,20H,5-6,10-12H2,1-4H3. The van der Waals surface area contributed by atoms with Crippen LogP contribution < -0.4 is 10.1 Å². The highest BCUT2D eigenvalue weighted by molar-refractivity contribution is 5.83. The van der Waals surface area contributed by atoms with E-state index >= 15 is 0 Å². The second kappa shape index (κ2) is 6.16. The summed E-state index contributed by atoms with van der Waals surface area (Å²) in [5.74, 6) is 1.80. The van der Waals surface area contributed by atoms with Gasteiger partial charge in [0.1, 0.15) is 5.75 Å². The molecule has 1 aliphatic carbocycles. The Kier molecular flexibility index (Phi) is 4.37. The summed E-state index contributed by atoms with van der Waals surface area (Å²) in [5, 5.41) is 3.43. The molecule has 126 valence electrons. The molecule has 1 amide bonds. The van der Waals surface area contributed by atoms with Gasteiger partial charge < -0.3 is 15.0 Å². The molecule has 1 aliphatic heterocycles. The number of fused-ring (bicyclic) bond motifs is 1. The molecule has 1 N–H and O–H groups in total. The smallest absolute Gasteiger partial charge is 0.240 e. The lowest BCUT2D eigenvalue weighted by atomic mass is 9.93. The van der Waals surface area contributed by atoms with Gasteiger partial charge in [0.05, 0.1) is 13.2 Å². The maximum absolute atomic E-state index is 13.1. The third kappa shape index (κ3) is 3.69. The molecular formula is C19H28N2O2. The lowest BCUT2D eigenvalue weighted by molar-refractivity contribution is -0.138. The Morgan fingerprint density at radius 3 is 2.65 bits per heavy atom. The molecule has 3 rings (SSSR count). The third-order valence-electron chi connectivity index (χ3n) is 4.89. The summed E-state index contributed by atoms with van der Waals surface area (Å²) in [4.78, 5) is 15.2. The zero-order chi connectivity index (χ0) is 16.6. The van der Waals surface area contributed by atoms with E-state index in [9.17, 15) is 4.79 Å². The Morgan fingerprint density at radius 2 is 2.04 bits per heavy atom. The summed E-state index contributed by atoms with van der Waals surface area (Å²) in [7, 11) is 1.68. The fraction of sp³-hybridized carbons (Fsp3) is 0.632. The van der Waals surface area contributed by atoms with E-state index in [4.69, 9.17) is 4.74 Å². The first-order valence-corrected chi connectivity index (χ1v) is 8.59. The normalized spacial score (nSPS) is 20.8. The number of carbonyl (C=O) groups excluding carboxylic acids is 1. The largest absolute Gasteiger partial charge is 0.497 e. The number of amides is 1. The average molecular weight is 316 g/mol. The van der Waals surface area contributed by atoms with Crippen LogP contribution in [0.1, 0.15) is 44.7 Å². The van der Waals surface area contributed by atoms with Gasteiger partial charge in [-0.25, -0.2) is 0 Å². The number of carbonyl (C=O) groups is 1. The molecule has 1 aromatic carbocycles. The van der Waals surface area contributed by atoms with Gasteiger partial charge in [-0.3, -0.25) is 4.79 Å². The molecule has 0 aromatic heterocycles. The molecule has 1 saturated carbocycles. The summed E-state index contributed by atoms with van der Waals surface area (Å²) >= 11 is 0. The van der Waals surface area contributed by atoms with E-state index in [1.165, 1.54) is 24.0 Å². The third-order valence-corrected chi connectivity index (χ3v) is 4.89. The number of ether oxygens (including phenoxy) is 1. The zero-order valence-electron chi connectivity index (χ0n) is 14.7. The van der Waals surface area contributed by atoms with Crippen molar-refractivity contribution in [3.05, 3.63) is 29.3 Å². The van der Waals surface area contributed by atoms with Gasteiger partial charge in [0.15, 0.2) is 0 Å². The van der Waals surface area contributed by atoms with Gasteiger partial charge in [-0.1, -0.05) is 6.07 Å². The lowest BCUT2D eigenvalue weighted by Gasteiger charge is -2.39. The van der Waals surface area contributed by atoms with Crippen molar-refractivity contribution in [3.8, 4) is 5.75 Å². The average Bonchev–Trinajstić information content (AvgIpc) is 3.34. The van der Waals surface area contributed by atoms with Crippen LogP contribution in [-0.4, -0.2) is 36.0 Å². The summed E-state index contributed by atoms with van der Waals surface area (Å²) in [6.07, 6.45) is 3.26. The summed E-state index contributed by atoms with van der Waals surface area (Å²) in [5.41, 5.74) is 2.36. The molecule has 0 spiro atoms. The Balaban J connectivity index is 1.76. The van der Waals surface area contributed by atoms with Crippen molar-refractivity contribution >= 4 is 5.91 Å². The zero-order valence-corrected chi connectivity index (χ0v) is 14.7. The van der Waals surface area contributed by atoms with Gasteiger partial charge in [-0.2, -0.15) is 0 Å². The van der Waals surface area contributed by atoms with Crippen LogP contribution in [0.25, 0.3) is 0 Å². The molecule has 4 nitrogen and oxygen atoms in total. The van der Waals surface area contributed by atoms with Crippen LogP contribution in [0.3, 0.4) is 0 Å². The van der Waals surface area contributed by atoms with Gasteiger partial charge in [0.25, 0.3) is 0 Å². The highest BCUT2D eigenvalue weighted by atomic mass is 16.5. The fourth-order valence-electron chi connectivity index (χ4n) is 3.23. The monoisotopic (exact) mass is 316 g/mol. The molecule has 23 heavy (non-hydrogen) atoms. The van der Waals surface area contributed by atoms with E-state index in [0.29, 0.717) is 5.92 Å². The van der Waals surface area contributed by atoms with Crippen LogP contribution in [0.4, 0.5) is 0 Å². The number of nitrogens with zero attached hydrogens (tertiary/aromatic N) is 1. The minimum atomic E-state index is -0.132. The van der Waals surface area contributed by atoms with E-state index in [-0.39, 0.29) is 17.5 Å². The van der Waals surface area contributed by atoms with Gasteiger partial charge in [0.2, 0.25) is 5.91 Å². The number of hydrogen-bond acceptors (Lipinski definition) is 3. The molecule has 1 atom stereocenters. The van der Waals surface area contributed by atoms with Crippen molar-refractivity contribution in [1.82, 2.24) is 10.2 Å². The molecule has 2 aliphatic rings. The highest BCUT2D eigenvalue weighted by Gasteiger charge is 2.37. The summed E-state index contributed by atoms with van der Waals surface area (Å²) in [6.45, 7) is 8.04. The summed E-state index contributed by atoms with van der Waals surface area (Å²) in [6, 6.07) is 6.01. The highest BCUT2D eigenvalue weighted by Crippen LogP contribution is 2.33. The second-order valence-corrected chi connectivity index (χ2v) is 7.84. The molecule has 0 saturated heterocycles. The van der Waals surface area contributed by atoms with E-state index in [1.807, 2.05) is 6.07 Å². The number of rotatable bonds is 4. The SMILES string of the molecule is COc1ccc2c(c1)CC(C(=O)N(CC1CC1)C(C)(C)C)NC2. The van der Waals surface area contributed by atoms with Crippen molar-refractivity contribution in [2.24, 2.45) is 5.92 Å². The molecule has 1 fully saturated rings. The van der Waals surface area contributed by atoms with Crippen LogP contribution in [0, 0.1) is 5.92 Å². The van der Waals surface area contributed by atoms with Gasteiger partial charge in [-0.05, 0) is 69.2 Å². The maximum Gasteiger partial charge on any atom is 0.240 e. The minimum Gasteiger partial charge on any atom is -0.497 e. The predicted molar refractivity (Wildman–Crippen MR) is 91.5 cm³/mol.